The van der Waals surface area contributed by atoms with Gasteiger partial charge < -0.3 is 9.94 Å². The molecule has 2 rings (SSSR count). The minimum Gasteiger partial charge on any atom is -0.618 e. The molecule has 0 aliphatic rings. The Morgan fingerprint density at radius 1 is 1.32 bits per heavy atom. The summed E-state index contributed by atoms with van der Waals surface area (Å²) in [5.41, 5.74) is 0.145. The monoisotopic (exact) mass is 323 g/mol. The van der Waals surface area contributed by atoms with Gasteiger partial charge in [-0.2, -0.15) is 4.73 Å². The van der Waals surface area contributed by atoms with Crippen molar-refractivity contribution in [3.8, 4) is 17.3 Å². The normalized spacial score (nSPS) is 11.6. The van der Waals surface area contributed by atoms with Gasteiger partial charge in [0.05, 0.1) is 24.3 Å². The third kappa shape index (κ3) is 3.33. The summed E-state index contributed by atoms with van der Waals surface area (Å²) in [6.45, 7) is 5.22. The SMILES string of the molecule is CCS(=O)(=O)c1ccc[n+]([O-])c1-c1cnc(OC(C)C)cn1. The summed E-state index contributed by atoms with van der Waals surface area (Å²) in [5, 5.41) is 12.0. The molecule has 2 heterocycles. The van der Waals surface area contributed by atoms with E-state index in [0.29, 0.717) is 10.6 Å². The lowest BCUT2D eigenvalue weighted by Gasteiger charge is -2.10. The molecule has 0 bridgehead atoms. The smallest absolute Gasteiger partial charge is 0.262 e. The van der Waals surface area contributed by atoms with Crippen LogP contribution in [-0.2, 0) is 9.84 Å². The van der Waals surface area contributed by atoms with E-state index < -0.39 is 9.84 Å². The van der Waals surface area contributed by atoms with Crippen LogP contribution in [0.5, 0.6) is 5.88 Å². The first-order valence-electron chi connectivity index (χ1n) is 6.79. The molecule has 7 nitrogen and oxygen atoms in total. The Kier molecular flexibility index (Phi) is 4.60. The molecule has 0 N–H and O–H groups in total. The maximum Gasteiger partial charge on any atom is 0.262 e. The van der Waals surface area contributed by atoms with E-state index in [1.807, 2.05) is 13.8 Å². The molecule has 0 atom stereocenters. The summed E-state index contributed by atoms with van der Waals surface area (Å²) in [7, 11) is -3.55. The Morgan fingerprint density at radius 2 is 2.05 bits per heavy atom. The Labute approximate surface area is 129 Å². The van der Waals surface area contributed by atoms with Crippen molar-refractivity contribution < 1.29 is 17.9 Å². The molecule has 0 aliphatic heterocycles. The predicted molar refractivity (Wildman–Crippen MR) is 79.9 cm³/mol. The van der Waals surface area contributed by atoms with E-state index >= 15 is 0 Å². The molecule has 118 valence electrons. The molecule has 8 heteroatoms. The van der Waals surface area contributed by atoms with Crippen LogP contribution in [0.4, 0.5) is 0 Å². The van der Waals surface area contributed by atoms with Crippen LogP contribution in [0.3, 0.4) is 0 Å². The maximum absolute atomic E-state index is 12.1. The zero-order chi connectivity index (χ0) is 16.3. The molecule has 0 aromatic carbocycles. The molecule has 2 aromatic rings. The number of pyridine rings is 1. The van der Waals surface area contributed by atoms with Gasteiger partial charge in [0.1, 0.15) is 4.90 Å². The summed E-state index contributed by atoms with van der Waals surface area (Å²) in [6.07, 6.45) is 3.86. The van der Waals surface area contributed by atoms with Crippen molar-refractivity contribution >= 4 is 9.84 Å². The van der Waals surface area contributed by atoms with Gasteiger partial charge in [-0.3, -0.25) is 0 Å². The van der Waals surface area contributed by atoms with Gasteiger partial charge in [-0.1, -0.05) is 6.92 Å². The number of nitrogens with zero attached hydrogens (tertiary/aromatic N) is 3. The van der Waals surface area contributed by atoms with E-state index in [4.69, 9.17) is 4.74 Å². The first-order valence-corrected chi connectivity index (χ1v) is 8.44. The quantitative estimate of drug-likeness (QED) is 0.609. The first-order chi connectivity index (χ1) is 10.3. The van der Waals surface area contributed by atoms with Crippen molar-refractivity contribution in [3.63, 3.8) is 0 Å². The average molecular weight is 323 g/mol. The molecule has 0 saturated heterocycles. The topological polar surface area (TPSA) is 96.1 Å². The van der Waals surface area contributed by atoms with E-state index in [-0.39, 0.29) is 28.1 Å². The lowest BCUT2D eigenvalue weighted by atomic mass is 10.3. The average Bonchev–Trinajstić information content (AvgIpc) is 2.47. The number of aromatic nitrogens is 3. The van der Waals surface area contributed by atoms with E-state index in [2.05, 4.69) is 9.97 Å². The molecule has 22 heavy (non-hydrogen) atoms. The Morgan fingerprint density at radius 3 is 2.59 bits per heavy atom. The van der Waals surface area contributed by atoms with Crippen LogP contribution in [0.2, 0.25) is 0 Å². The fraction of sp³-hybridized carbons (Fsp3) is 0.357. The van der Waals surface area contributed by atoms with E-state index in [0.717, 1.165) is 0 Å². The van der Waals surface area contributed by atoms with E-state index in [9.17, 15) is 13.6 Å². The van der Waals surface area contributed by atoms with Gasteiger partial charge in [0.15, 0.2) is 21.7 Å². The molecule has 0 spiro atoms. The molecule has 0 fully saturated rings. The number of hydrogen-bond donors (Lipinski definition) is 0. The summed E-state index contributed by atoms with van der Waals surface area (Å²) < 4.78 is 30.1. The van der Waals surface area contributed by atoms with Crippen LogP contribution in [0.25, 0.3) is 11.4 Å². The van der Waals surface area contributed by atoms with Crippen molar-refractivity contribution in [2.24, 2.45) is 0 Å². The lowest BCUT2D eigenvalue weighted by molar-refractivity contribution is -0.595. The second-order valence-electron chi connectivity index (χ2n) is 4.86. The van der Waals surface area contributed by atoms with Gasteiger partial charge in [0, 0.05) is 6.07 Å². The minimum atomic E-state index is -3.55. The van der Waals surface area contributed by atoms with Crippen LogP contribution in [-0.4, -0.2) is 30.2 Å². The van der Waals surface area contributed by atoms with E-state index in [1.54, 1.807) is 0 Å². The van der Waals surface area contributed by atoms with Crippen molar-refractivity contribution in [3.05, 3.63) is 35.9 Å². The van der Waals surface area contributed by atoms with Gasteiger partial charge in [-0.15, -0.1) is 0 Å². The second-order valence-corrected chi connectivity index (χ2v) is 7.10. The van der Waals surface area contributed by atoms with Crippen molar-refractivity contribution in [1.82, 2.24) is 9.97 Å². The molecular formula is C14H17N3O4S. The Hall–Kier alpha value is -2.22. The van der Waals surface area contributed by atoms with Crippen LogP contribution >= 0.6 is 0 Å². The Bertz CT molecular complexity index is 758. The molecule has 2 aromatic heterocycles. The highest BCUT2D eigenvalue weighted by atomic mass is 32.2. The highest BCUT2D eigenvalue weighted by Crippen LogP contribution is 2.23. The maximum atomic E-state index is 12.1. The number of hydrogen-bond acceptors (Lipinski definition) is 6. The highest BCUT2D eigenvalue weighted by Gasteiger charge is 2.26. The number of ether oxygens (including phenoxy) is 1. The zero-order valence-corrected chi connectivity index (χ0v) is 13.4. The third-order valence-electron chi connectivity index (χ3n) is 2.87. The van der Waals surface area contributed by atoms with Crippen molar-refractivity contribution in [1.29, 1.82) is 0 Å². The van der Waals surface area contributed by atoms with E-state index in [1.165, 1.54) is 37.6 Å². The molecule has 0 aliphatic carbocycles. The molecule has 0 amide bonds. The summed E-state index contributed by atoms with van der Waals surface area (Å²) in [4.78, 5) is 8.10. The Balaban J connectivity index is 2.53. The predicted octanol–water partition coefficient (Wildman–Crippen LogP) is 1.36. The second kappa shape index (κ2) is 6.27. The first kappa shape index (κ1) is 16.2. The van der Waals surface area contributed by atoms with Crippen LogP contribution in [0, 0.1) is 5.21 Å². The van der Waals surface area contributed by atoms with Crippen LogP contribution in [0.15, 0.2) is 35.6 Å². The zero-order valence-electron chi connectivity index (χ0n) is 12.6. The minimum absolute atomic E-state index is 0.0343. The summed E-state index contributed by atoms with van der Waals surface area (Å²) in [6, 6.07) is 2.78. The summed E-state index contributed by atoms with van der Waals surface area (Å²) >= 11 is 0. The van der Waals surface area contributed by atoms with Crippen molar-refractivity contribution in [2.45, 2.75) is 31.8 Å². The fourth-order valence-corrected chi connectivity index (χ4v) is 2.94. The number of rotatable bonds is 5. The van der Waals surface area contributed by atoms with Crippen molar-refractivity contribution in [2.75, 3.05) is 5.75 Å². The fourth-order valence-electron chi connectivity index (χ4n) is 1.86. The number of sulfone groups is 1. The van der Waals surface area contributed by atoms with Crippen LogP contribution in [0.1, 0.15) is 20.8 Å². The molecule has 0 radical (unpaired) electrons. The largest absolute Gasteiger partial charge is 0.618 e. The highest BCUT2D eigenvalue weighted by molar-refractivity contribution is 7.91. The van der Waals surface area contributed by atoms with Gasteiger partial charge in [-0.05, 0) is 19.9 Å². The summed E-state index contributed by atoms with van der Waals surface area (Å²) in [5.74, 6) is 0.207. The van der Waals surface area contributed by atoms with Crippen LogP contribution < -0.4 is 9.47 Å². The molecule has 0 unspecified atom stereocenters. The standard InChI is InChI=1S/C14H17N3O4S/c1-4-22(19,20)12-6-5-7-17(18)14(12)11-8-16-13(9-15-11)21-10(2)3/h5-10H,4H2,1-3H3. The van der Waals surface area contributed by atoms with Gasteiger partial charge >= 0.3 is 0 Å². The van der Waals surface area contributed by atoms with Gasteiger partial charge in [0.25, 0.3) is 5.69 Å². The lowest BCUT2D eigenvalue weighted by Crippen LogP contribution is -2.31. The molecule has 0 saturated carbocycles. The van der Waals surface area contributed by atoms with Gasteiger partial charge in [0.2, 0.25) is 5.88 Å². The van der Waals surface area contributed by atoms with Gasteiger partial charge in [-0.25, -0.2) is 18.4 Å². The molecular weight excluding hydrogens is 306 g/mol. The third-order valence-corrected chi connectivity index (χ3v) is 4.62.